The van der Waals surface area contributed by atoms with Gasteiger partial charge < -0.3 is 23.7 Å². The first-order valence-corrected chi connectivity index (χ1v) is 11.2. The van der Waals surface area contributed by atoms with Gasteiger partial charge in [-0.1, -0.05) is 71.1 Å². The molecule has 0 amide bonds. The lowest BCUT2D eigenvalue weighted by Crippen LogP contribution is -2.15. The maximum atomic E-state index is 10.8. The van der Waals surface area contributed by atoms with E-state index in [2.05, 4.69) is 11.7 Å². The zero-order chi connectivity index (χ0) is 20.5. The average molecular weight is 405 g/mol. The minimum Gasteiger partial charge on any atom is -0.467 e. The highest BCUT2D eigenvalue weighted by Crippen LogP contribution is 2.11. The van der Waals surface area contributed by atoms with E-state index in [0.29, 0.717) is 39.6 Å². The van der Waals surface area contributed by atoms with Gasteiger partial charge in [-0.25, -0.2) is 4.79 Å². The van der Waals surface area contributed by atoms with Crippen LogP contribution in [0.3, 0.4) is 0 Å². The van der Waals surface area contributed by atoms with Gasteiger partial charge in [-0.05, 0) is 6.42 Å². The summed E-state index contributed by atoms with van der Waals surface area (Å²) >= 11 is 0. The number of esters is 1. The minimum atomic E-state index is -0.378. The topological polar surface area (TPSA) is 63.2 Å². The van der Waals surface area contributed by atoms with Gasteiger partial charge in [0.15, 0.2) is 0 Å². The summed E-state index contributed by atoms with van der Waals surface area (Å²) < 4.78 is 25.9. The summed E-state index contributed by atoms with van der Waals surface area (Å²) in [5, 5.41) is 0. The van der Waals surface area contributed by atoms with Crippen molar-refractivity contribution in [2.24, 2.45) is 0 Å². The second-order valence-electron chi connectivity index (χ2n) is 7.00. The Labute approximate surface area is 172 Å². The van der Waals surface area contributed by atoms with Crippen molar-refractivity contribution in [2.45, 2.75) is 77.6 Å². The van der Waals surface area contributed by atoms with Crippen molar-refractivity contribution in [1.29, 1.82) is 0 Å². The number of ether oxygens (including phenoxy) is 5. The molecule has 0 radical (unpaired) electrons. The number of hydrogen-bond donors (Lipinski definition) is 0. The Hall–Kier alpha value is -0.690. The lowest BCUT2D eigenvalue weighted by Gasteiger charge is -2.07. The van der Waals surface area contributed by atoms with Crippen LogP contribution in [0.4, 0.5) is 0 Å². The Bertz CT molecular complexity index is 311. The molecule has 0 aromatic rings. The van der Waals surface area contributed by atoms with Gasteiger partial charge in [-0.3, -0.25) is 0 Å². The van der Waals surface area contributed by atoms with Crippen LogP contribution in [0, 0.1) is 0 Å². The molecule has 0 N–H and O–H groups in total. The van der Waals surface area contributed by atoms with Crippen LogP contribution in [0.2, 0.25) is 0 Å². The number of methoxy groups -OCH3 is 1. The second kappa shape index (κ2) is 24.3. The molecule has 0 saturated heterocycles. The number of hydrogen-bond acceptors (Lipinski definition) is 6. The summed E-state index contributed by atoms with van der Waals surface area (Å²) in [6.45, 7) is 6.16. The van der Waals surface area contributed by atoms with Crippen LogP contribution in [-0.2, 0) is 28.5 Å². The molecule has 0 heterocycles. The molecule has 0 aliphatic heterocycles. The molecule has 6 nitrogen and oxygen atoms in total. The van der Waals surface area contributed by atoms with Crippen LogP contribution in [0.1, 0.15) is 77.6 Å². The van der Waals surface area contributed by atoms with E-state index in [-0.39, 0.29) is 12.6 Å². The lowest BCUT2D eigenvalue weighted by molar-refractivity contribution is -0.146. The quantitative estimate of drug-likeness (QED) is 0.184. The predicted molar refractivity (Wildman–Crippen MR) is 112 cm³/mol. The second-order valence-corrected chi connectivity index (χ2v) is 7.00. The normalized spacial score (nSPS) is 11.1. The number of unbranched alkanes of at least 4 members (excludes halogenated alkanes) is 10. The largest absolute Gasteiger partial charge is 0.467 e. The van der Waals surface area contributed by atoms with Crippen LogP contribution in [0.15, 0.2) is 0 Å². The monoisotopic (exact) mass is 404 g/mol. The van der Waals surface area contributed by atoms with Crippen LogP contribution < -0.4 is 0 Å². The molecule has 0 aliphatic rings. The Kier molecular flexibility index (Phi) is 23.7. The van der Waals surface area contributed by atoms with E-state index in [4.69, 9.17) is 18.9 Å². The van der Waals surface area contributed by atoms with Crippen LogP contribution in [-0.4, -0.2) is 65.9 Å². The molecule has 0 rings (SSSR count). The molecule has 0 fully saturated rings. The summed E-state index contributed by atoms with van der Waals surface area (Å²) in [6, 6.07) is 0. The van der Waals surface area contributed by atoms with Crippen molar-refractivity contribution in [3.05, 3.63) is 0 Å². The van der Waals surface area contributed by atoms with E-state index in [1.54, 1.807) is 0 Å². The van der Waals surface area contributed by atoms with Gasteiger partial charge in [-0.15, -0.1) is 0 Å². The third kappa shape index (κ3) is 23.3. The SMILES string of the molecule is CCCCCCCCCCCCCOCCOCCOCCOCC(=O)OC. The number of carbonyl (C=O) groups is 1. The van der Waals surface area contributed by atoms with Gasteiger partial charge in [0.25, 0.3) is 0 Å². The van der Waals surface area contributed by atoms with Crippen molar-refractivity contribution in [2.75, 3.05) is 60.0 Å². The lowest BCUT2D eigenvalue weighted by atomic mass is 10.1. The Morgan fingerprint density at radius 1 is 0.536 bits per heavy atom. The Balaban J connectivity index is 3.00. The number of carbonyl (C=O) groups excluding carboxylic acids is 1. The molecule has 0 aromatic carbocycles. The molecule has 0 spiro atoms. The van der Waals surface area contributed by atoms with E-state index in [9.17, 15) is 4.79 Å². The predicted octanol–water partition coefficient (Wildman–Crippen LogP) is 4.54. The Morgan fingerprint density at radius 2 is 0.929 bits per heavy atom. The third-order valence-corrected chi connectivity index (χ3v) is 4.46. The van der Waals surface area contributed by atoms with Gasteiger partial charge in [0, 0.05) is 6.61 Å². The van der Waals surface area contributed by atoms with Gasteiger partial charge in [0.1, 0.15) is 6.61 Å². The fourth-order valence-electron chi connectivity index (χ4n) is 2.74. The van der Waals surface area contributed by atoms with Gasteiger partial charge in [0.05, 0.1) is 46.8 Å². The van der Waals surface area contributed by atoms with Crippen LogP contribution in [0.25, 0.3) is 0 Å². The van der Waals surface area contributed by atoms with E-state index in [1.165, 1.54) is 71.3 Å². The number of rotatable bonds is 23. The van der Waals surface area contributed by atoms with Crippen LogP contribution >= 0.6 is 0 Å². The standard InChI is InChI=1S/C22H44O6/c1-3-4-5-6-7-8-9-10-11-12-13-14-25-15-16-26-17-18-27-19-20-28-21-22(23)24-2/h3-21H2,1-2H3. The van der Waals surface area contributed by atoms with E-state index >= 15 is 0 Å². The van der Waals surface area contributed by atoms with Crippen LogP contribution in [0.5, 0.6) is 0 Å². The Morgan fingerprint density at radius 3 is 1.39 bits per heavy atom. The summed E-state index contributed by atoms with van der Waals surface area (Å²) in [4.78, 5) is 10.8. The highest BCUT2D eigenvalue weighted by Gasteiger charge is 1.99. The summed E-state index contributed by atoms with van der Waals surface area (Å²) in [7, 11) is 1.33. The van der Waals surface area contributed by atoms with E-state index in [1.807, 2.05) is 0 Å². The van der Waals surface area contributed by atoms with E-state index in [0.717, 1.165) is 13.0 Å². The van der Waals surface area contributed by atoms with Gasteiger partial charge >= 0.3 is 5.97 Å². The van der Waals surface area contributed by atoms with Crippen molar-refractivity contribution in [3.8, 4) is 0 Å². The highest BCUT2D eigenvalue weighted by molar-refractivity contribution is 5.70. The first kappa shape index (κ1) is 27.3. The van der Waals surface area contributed by atoms with Crippen molar-refractivity contribution in [3.63, 3.8) is 0 Å². The average Bonchev–Trinajstić information content (AvgIpc) is 2.71. The van der Waals surface area contributed by atoms with Crippen molar-refractivity contribution >= 4 is 5.97 Å². The minimum absolute atomic E-state index is 0.0349. The summed E-state index contributed by atoms with van der Waals surface area (Å²) in [5.41, 5.74) is 0. The zero-order valence-electron chi connectivity index (χ0n) is 18.4. The third-order valence-electron chi connectivity index (χ3n) is 4.46. The van der Waals surface area contributed by atoms with Crippen molar-refractivity contribution in [1.82, 2.24) is 0 Å². The molecular formula is C22H44O6. The molecule has 168 valence electrons. The molecular weight excluding hydrogens is 360 g/mol. The first-order chi connectivity index (χ1) is 13.8. The van der Waals surface area contributed by atoms with Gasteiger partial charge in [0.2, 0.25) is 0 Å². The maximum Gasteiger partial charge on any atom is 0.331 e. The summed E-state index contributed by atoms with van der Waals surface area (Å²) in [5.74, 6) is -0.378. The highest BCUT2D eigenvalue weighted by atomic mass is 16.6. The molecule has 0 unspecified atom stereocenters. The molecule has 6 heteroatoms. The molecule has 0 aliphatic carbocycles. The molecule has 0 saturated carbocycles. The van der Waals surface area contributed by atoms with E-state index < -0.39 is 0 Å². The van der Waals surface area contributed by atoms with Crippen molar-refractivity contribution < 1.29 is 28.5 Å². The van der Waals surface area contributed by atoms with Gasteiger partial charge in [-0.2, -0.15) is 0 Å². The fourth-order valence-corrected chi connectivity index (χ4v) is 2.74. The fraction of sp³-hybridized carbons (Fsp3) is 0.955. The maximum absolute atomic E-state index is 10.8. The molecule has 0 aromatic heterocycles. The smallest absolute Gasteiger partial charge is 0.331 e. The molecule has 28 heavy (non-hydrogen) atoms. The zero-order valence-corrected chi connectivity index (χ0v) is 18.4. The molecule has 0 atom stereocenters. The summed E-state index contributed by atoms with van der Waals surface area (Å²) in [6.07, 6.45) is 14.9. The molecule has 0 bridgehead atoms. The first-order valence-electron chi connectivity index (χ1n) is 11.2.